The Hall–Kier alpha value is -2.07. The monoisotopic (exact) mass is 262 g/mol. The molecule has 18 heavy (non-hydrogen) atoms. The number of nitrogens with zero attached hydrogens (tertiary/aromatic N) is 1. The number of anilines is 2. The summed E-state index contributed by atoms with van der Waals surface area (Å²) in [6.07, 6.45) is 1.60. The van der Waals surface area contributed by atoms with E-state index in [4.69, 9.17) is 16.3 Å². The smallest absolute Gasteiger partial charge is 0.341 e. The Kier molecular flexibility index (Phi) is 3.79. The highest BCUT2D eigenvalue weighted by Gasteiger charge is 2.12. The Morgan fingerprint density at radius 2 is 2.00 bits per heavy atom. The predicted octanol–water partition coefficient (Wildman–Crippen LogP) is 3.27. The van der Waals surface area contributed by atoms with Crippen molar-refractivity contribution in [3.63, 3.8) is 0 Å². The maximum atomic E-state index is 11.6. The molecular formula is C13H11ClN2O2. The lowest BCUT2D eigenvalue weighted by atomic mass is 10.2. The number of hydrogen-bond donors (Lipinski definition) is 1. The predicted molar refractivity (Wildman–Crippen MR) is 70.3 cm³/mol. The van der Waals surface area contributed by atoms with Crippen molar-refractivity contribution in [2.75, 3.05) is 12.4 Å². The van der Waals surface area contributed by atoms with Gasteiger partial charge in [-0.05, 0) is 36.4 Å². The van der Waals surface area contributed by atoms with Gasteiger partial charge in [0.2, 0.25) is 0 Å². The van der Waals surface area contributed by atoms with E-state index in [2.05, 4.69) is 10.3 Å². The van der Waals surface area contributed by atoms with Crippen molar-refractivity contribution in [2.24, 2.45) is 0 Å². The summed E-state index contributed by atoms with van der Waals surface area (Å²) in [5.41, 5.74) is 1.18. The summed E-state index contributed by atoms with van der Waals surface area (Å²) in [7, 11) is 1.33. The molecule has 4 nitrogen and oxygen atoms in total. The van der Waals surface area contributed by atoms with Crippen molar-refractivity contribution in [3.05, 3.63) is 53.2 Å². The van der Waals surface area contributed by atoms with Crippen LogP contribution in [0.2, 0.25) is 5.02 Å². The van der Waals surface area contributed by atoms with E-state index in [1.165, 1.54) is 7.11 Å². The molecule has 2 rings (SSSR count). The summed E-state index contributed by atoms with van der Waals surface area (Å²) in [5.74, 6) is 0.0197. The third kappa shape index (κ3) is 2.78. The van der Waals surface area contributed by atoms with E-state index >= 15 is 0 Å². The van der Waals surface area contributed by atoms with Gasteiger partial charge in [-0.3, -0.25) is 0 Å². The minimum Gasteiger partial charge on any atom is -0.465 e. The lowest BCUT2D eigenvalue weighted by Gasteiger charge is -2.09. The van der Waals surface area contributed by atoms with Crippen LogP contribution < -0.4 is 5.32 Å². The van der Waals surface area contributed by atoms with Gasteiger partial charge in [-0.25, -0.2) is 9.78 Å². The molecule has 92 valence electrons. The number of aromatic nitrogens is 1. The molecule has 5 heteroatoms. The lowest BCUT2D eigenvalue weighted by molar-refractivity contribution is 0.0601. The minimum absolute atomic E-state index is 0.384. The van der Waals surface area contributed by atoms with Crippen LogP contribution in [0.25, 0.3) is 0 Å². The molecule has 2 aromatic rings. The van der Waals surface area contributed by atoms with Gasteiger partial charge in [0.05, 0.1) is 7.11 Å². The van der Waals surface area contributed by atoms with Gasteiger partial charge < -0.3 is 10.1 Å². The zero-order chi connectivity index (χ0) is 13.0. The lowest BCUT2D eigenvalue weighted by Crippen LogP contribution is -2.06. The molecule has 0 saturated carbocycles. The number of esters is 1. The fourth-order valence-electron chi connectivity index (χ4n) is 1.45. The molecular weight excluding hydrogens is 252 g/mol. The summed E-state index contributed by atoms with van der Waals surface area (Å²) in [6.45, 7) is 0. The number of halogens is 1. The molecule has 1 aromatic carbocycles. The van der Waals surface area contributed by atoms with Crippen LogP contribution in [-0.4, -0.2) is 18.1 Å². The largest absolute Gasteiger partial charge is 0.465 e. The standard InChI is InChI=1S/C13H11ClN2O2/c1-18-13(17)11-3-2-8-15-12(11)16-10-6-4-9(14)5-7-10/h2-8H,1H3,(H,15,16). The van der Waals surface area contributed by atoms with Crippen LogP contribution in [0.5, 0.6) is 0 Å². The first-order valence-corrected chi connectivity index (χ1v) is 5.64. The third-order valence-corrected chi connectivity index (χ3v) is 2.57. The van der Waals surface area contributed by atoms with Crippen molar-refractivity contribution in [3.8, 4) is 0 Å². The van der Waals surface area contributed by atoms with Crippen molar-refractivity contribution < 1.29 is 9.53 Å². The van der Waals surface area contributed by atoms with E-state index in [1.54, 1.807) is 42.6 Å². The van der Waals surface area contributed by atoms with Crippen LogP contribution in [0.3, 0.4) is 0 Å². The molecule has 1 N–H and O–H groups in total. The van der Waals surface area contributed by atoms with Crippen molar-refractivity contribution in [2.45, 2.75) is 0 Å². The normalized spacial score (nSPS) is 9.89. The highest BCUT2D eigenvalue weighted by atomic mass is 35.5. The van der Waals surface area contributed by atoms with Crippen molar-refractivity contribution in [1.29, 1.82) is 0 Å². The molecule has 0 fully saturated rings. The average molecular weight is 263 g/mol. The van der Waals surface area contributed by atoms with Gasteiger partial charge in [-0.1, -0.05) is 11.6 Å². The second-order valence-electron chi connectivity index (χ2n) is 3.52. The first-order valence-electron chi connectivity index (χ1n) is 5.26. The number of benzene rings is 1. The van der Waals surface area contributed by atoms with Crippen molar-refractivity contribution in [1.82, 2.24) is 4.98 Å². The molecule has 0 atom stereocenters. The van der Waals surface area contributed by atoms with Crippen LogP contribution in [0.15, 0.2) is 42.6 Å². The average Bonchev–Trinajstić information content (AvgIpc) is 2.41. The van der Waals surface area contributed by atoms with Crippen LogP contribution in [0.1, 0.15) is 10.4 Å². The highest BCUT2D eigenvalue weighted by molar-refractivity contribution is 6.30. The molecule has 0 saturated heterocycles. The van der Waals surface area contributed by atoms with E-state index in [0.29, 0.717) is 16.4 Å². The van der Waals surface area contributed by atoms with Crippen LogP contribution in [0, 0.1) is 0 Å². The van der Waals surface area contributed by atoms with Gasteiger partial charge in [0.15, 0.2) is 0 Å². The molecule has 1 aromatic heterocycles. The maximum absolute atomic E-state index is 11.6. The van der Waals surface area contributed by atoms with Crippen LogP contribution >= 0.6 is 11.6 Å². The van der Waals surface area contributed by atoms with Crippen LogP contribution in [0.4, 0.5) is 11.5 Å². The second kappa shape index (κ2) is 5.51. The summed E-state index contributed by atoms with van der Waals surface area (Å²) < 4.78 is 4.69. The fraction of sp³-hybridized carbons (Fsp3) is 0.0769. The summed E-state index contributed by atoms with van der Waals surface area (Å²) in [6, 6.07) is 10.4. The Labute approximate surface area is 110 Å². The number of methoxy groups -OCH3 is 1. The van der Waals surface area contributed by atoms with E-state index in [9.17, 15) is 4.79 Å². The zero-order valence-electron chi connectivity index (χ0n) is 9.68. The zero-order valence-corrected chi connectivity index (χ0v) is 10.4. The van der Waals surface area contributed by atoms with Gasteiger partial charge in [0.1, 0.15) is 11.4 Å². The Bertz CT molecular complexity index is 555. The third-order valence-electron chi connectivity index (χ3n) is 2.32. The Balaban J connectivity index is 2.28. The van der Waals surface area contributed by atoms with Crippen LogP contribution in [-0.2, 0) is 4.74 Å². The van der Waals surface area contributed by atoms with Gasteiger partial charge in [0.25, 0.3) is 0 Å². The van der Waals surface area contributed by atoms with Gasteiger partial charge in [-0.15, -0.1) is 0 Å². The SMILES string of the molecule is COC(=O)c1cccnc1Nc1ccc(Cl)cc1. The molecule has 0 bridgehead atoms. The number of carbonyl (C=O) groups is 1. The Morgan fingerprint density at radius 1 is 1.28 bits per heavy atom. The molecule has 0 spiro atoms. The van der Waals surface area contributed by atoms with Gasteiger partial charge >= 0.3 is 5.97 Å². The first-order chi connectivity index (χ1) is 8.70. The minimum atomic E-state index is -0.431. The number of hydrogen-bond acceptors (Lipinski definition) is 4. The van der Waals surface area contributed by atoms with Gasteiger partial charge in [0, 0.05) is 16.9 Å². The quantitative estimate of drug-likeness (QED) is 0.863. The summed E-state index contributed by atoms with van der Waals surface area (Å²) in [5, 5.41) is 3.69. The molecule has 0 amide bonds. The molecule has 0 radical (unpaired) electrons. The number of ether oxygens (including phenoxy) is 1. The highest BCUT2D eigenvalue weighted by Crippen LogP contribution is 2.20. The van der Waals surface area contributed by atoms with E-state index in [-0.39, 0.29) is 0 Å². The molecule has 0 unspecified atom stereocenters. The first kappa shape index (κ1) is 12.4. The van der Waals surface area contributed by atoms with Gasteiger partial charge in [-0.2, -0.15) is 0 Å². The summed E-state index contributed by atoms with van der Waals surface area (Å²) >= 11 is 5.80. The fourth-order valence-corrected chi connectivity index (χ4v) is 1.58. The Morgan fingerprint density at radius 3 is 2.67 bits per heavy atom. The van der Waals surface area contributed by atoms with E-state index < -0.39 is 5.97 Å². The van der Waals surface area contributed by atoms with E-state index in [0.717, 1.165) is 5.69 Å². The van der Waals surface area contributed by atoms with E-state index in [1.807, 2.05) is 0 Å². The number of carbonyl (C=O) groups excluding carboxylic acids is 1. The topological polar surface area (TPSA) is 51.2 Å². The molecule has 0 aliphatic carbocycles. The molecule has 0 aliphatic heterocycles. The molecule has 0 aliphatic rings. The maximum Gasteiger partial charge on any atom is 0.341 e. The molecule has 1 heterocycles. The number of pyridine rings is 1. The van der Waals surface area contributed by atoms with Crippen molar-refractivity contribution >= 4 is 29.1 Å². The number of nitrogens with one attached hydrogen (secondary N) is 1. The summed E-state index contributed by atoms with van der Waals surface area (Å²) in [4.78, 5) is 15.7. The number of rotatable bonds is 3. The second-order valence-corrected chi connectivity index (χ2v) is 3.96.